The first kappa shape index (κ1) is 37.4. The summed E-state index contributed by atoms with van der Waals surface area (Å²) in [7, 11) is 4.90. The van der Waals surface area contributed by atoms with Crippen LogP contribution in [0.2, 0.25) is 0 Å². The topological polar surface area (TPSA) is 297 Å². The quantitative estimate of drug-likeness (QED) is 0.123. The molecule has 0 atom stereocenters. The second-order valence-electron chi connectivity index (χ2n) is 8.51. The fraction of sp³-hybridized carbons (Fsp3) is 0.148. The molecule has 0 saturated carbocycles. The van der Waals surface area contributed by atoms with Crippen LogP contribution in [0.1, 0.15) is 36.6 Å². The number of anilines is 2. The first-order valence-electron chi connectivity index (χ1n) is 12.7. The number of nitrogens with two attached hydrogens (primary N) is 2. The SMILES string of the molecule is CNC(=O)c1cncc(N)c1.CNC(=O)c1cncc([N+](=O)[O-])c1.CNCc1cncc(N)c1.O=C(O)c1cncc([N+](=O)[O-])c1. The number of nitrogens with one attached hydrogen (secondary N) is 3. The van der Waals surface area contributed by atoms with Gasteiger partial charge in [-0.25, -0.2) is 4.79 Å². The van der Waals surface area contributed by atoms with Crippen molar-refractivity contribution in [2.45, 2.75) is 6.54 Å². The monoisotopic (exact) mass is 637 g/mol. The van der Waals surface area contributed by atoms with Crippen LogP contribution in [0.4, 0.5) is 22.7 Å². The van der Waals surface area contributed by atoms with Crippen molar-refractivity contribution < 1.29 is 29.3 Å². The average Bonchev–Trinajstić information content (AvgIpc) is 3.05. The fourth-order valence-electron chi connectivity index (χ4n) is 2.98. The number of nitrogen functional groups attached to an aromatic ring is 2. The maximum Gasteiger partial charge on any atom is 0.337 e. The molecule has 19 nitrogen and oxygen atoms in total. The van der Waals surface area contributed by atoms with Crippen LogP contribution < -0.4 is 27.4 Å². The van der Waals surface area contributed by atoms with Gasteiger partial charge in [-0.2, -0.15) is 0 Å². The van der Waals surface area contributed by atoms with Gasteiger partial charge in [0.1, 0.15) is 12.4 Å². The molecule has 0 aliphatic rings. The number of carbonyl (C=O) groups excluding carboxylic acids is 2. The Morgan fingerprint density at radius 3 is 1.50 bits per heavy atom. The van der Waals surface area contributed by atoms with Crippen LogP contribution in [0.5, 0.6) is 0 Å². The van der Waals surface area contributed by atoms with Crippen LogP contribution in [0.25, 0.3) is 0 Å². The highest BCUT2D eigenvalue weighted by Crippen LogP contribution is 2.11. The van der Waals surface area contributed by atoms with Gasteiger partial charge in [0.05, 0.1) is 37.9 Å². The third-order valence-electron chi connectivity index (χ3n) is 5.05. The Kier molecular flexibility index (Phi) is 15.9. The molecule has 19 heteroatoms. The van der Waals surface area contributed by atoms with Gasteiger partial charge in [0, 0.05) is 70.0 Å². The van der Waals surface area contributed by atoms with E-state index in [4.69, 9.17) is 16.6 Å². The predicted octanol–water partition coefficient (Wildman–Crippen LogP) is 1.44. The van der Waals surface area contributed by atoms with Crippen molar-refractivity contribution in [1.82, 2.24) is 35.9 Å². The van der Waals surface area contributed by atoms with Gasteiger partial charge in [0.2, 0.25) is 0 Å². The van der Waals surface area contributed by atoms with Crippen molar-refractivity contribution in [1.29, 1.82) is 0 Å². The van der Waals surface area contributed by atoms with Crippen molar-refractivity contribution in [2.24, 2.45) is 0 Å². The zero-order chi connectivity index (χ0) is 34.6. The number of nitro groups is 2. The van der Waals surface area contributed by atoms with Gasteiger partial charge in [-0.1, -0.05) is 0 Å². The first-order valence-corrected chi connectivity index (χ1v) is 12.7. The van der Waals surface area contributed by atoms with Crippen molar-refractivity contribution in [3.05, 3.63) is 116 Å². The lowest BCUT2D eigenvalue weighted by Crippen LogP contribution is -2.18. The number of hydrogen-bond acceptors (Lipinski definition) is 14. The molecular weight excluding hydrogens is 606 g/mol. The highest BCUT2D eigenvalue weighted by Gasteiger charge is 2.11. The van der Waals surface area contributed by atoms with E-state index in [2.05, 4.69) is 35.9 Å². The minimum Gasteiger partial charge on any atom is -0.478 e. The predicted molar refractivity (Wildman–Crippen MR) is 166 cm³/mol. The standard InChI is InChI=1S/C7H7N3O3.C7H9N3O.C7H11N3.C6H4N2O4/c1-8-7(11)5-2-6(10(12)13)4-9-3-5;1-9-7(11)5-2-6(8)4-10-3-5;1-9-3-6-2-7(8)5-10-4-6;9-6(10)4-1-5(8(11)12)3-7-2-4/h2-4H,1H3,(H,8,11);2-4H,8H2,1H3,(H,9,11);2,4-5,9H,3,8H2,1H3;1-3H,(H,9,10). The zero-order valence-corrected chi connectivity index (χ0v) is 24.8. The Labute approximate surface area is 261 Å². The molecule has 4 heterocycles. The van der Waals surface area contributed by atoms with Gasteiger partial charge in [0.25, 0.3) is 23.2 Å². The lowest BCUT2D eigenvalue weighted by Gasteiger charge is -1.98. The third-order valence-corrected chi connectivity index (χ3v) is 5.05. The fourth-order valence-corrected chi connectivity index (χ4v) is 2.98. The number of carboxylic acid groups (broad SMARTS) is 1. The molecule has 2 amide bonds. The van der Waals surface area contributed by atoms with Gasteiger partial charge in [-0.15, -0.1) is 0 Å². The minimum absolute atomic E-state index is 0.176. The van der Waals surface area contributed by atoms with Crippen LogP contribution in [-0.4, -0.2) is 73.8 Å². The molecule has 46 heavy (non-hydrogen) atoms. The van der Waals surface area contributed by atoms with E-state index >= 15 is 0 Å². The summed E-state index contributed by atoms with van der Waals surface area (Å²) >= 11 is 0. The van der Waals surface area contributed by atoms with E-state index < -0.39 is 21.7 Å². The molecule has 0 saturated heterocycles. The summed E-state index contributed by atoms with van der Waals surface area (Å²) in [6.07, 6.45) is 10.8. The Balaban J connectivity index is 0.000000308. The smallest absolute Gasteiger partial charge is 0.337 e. The van der Waals surface area contributed by atoms with E-state index in [1.807, 2.05) is 13.1 Å². The third kappa shape index (κ3) is 13.6. The molecule has 8 N–H and O–H groups in total. The molecule has 0 unspecified atom stereocenters. The van der Waals surface area contributed by atoms with Crippen LogP contribution >= 0.6 is 0 Å². The lowest BCUT2D eigenvalue weighted by molar-refractivity contribution is -0.385. The molecule has 4 aromatic rings. The Hall–Kier alpha value is -6.63. The first-order chi connectivity index (χ1) is 21.8. The minimum atomic E-state index is -1.23. The van der Waals surface area contributed by atoms with E-state index in [-0.39, 0.29) is 28.4 Å². The Morgan fingerprint density at radius 1 is 0.674 bits per heavy atom. The molecule has 4 rings (SSSR count). The van der Waals surface area contributed by atoms with Crippen molar-refractivity contribution in [2.75, 3.05) is 32.6 Å². The summed E-state index contributed by atoms with van der Waals surface area (Å²) in [5.41, 5.74) is 13.2. The summed E-state index contributed by atoms with van der Waals surface area (Å²) < 4.78 is 0. The number of hydrogen-bond donors (Lipinski definition) is 6. The number of pyridine rings is 4. The zero-order valence-electron chi connectivity index (χ0n) is 24.8. The molecular formula is C27H31N11O8. The van der Waals surface area contributed by atoms with E-state index in [0.29, 0.717) is 16.9 Å². The van der Waals surface area contributed by atoms with Crippen LogP contribution in [-0.2, 0) is 6.54 Å². The van der Waals surface area contributed by atoms with Crippen molar-refractivity contribution >= 4 is 40.5 Å². The Bertz CT molecular complexity index is 1620. The van der Waals surface area contributed by atoms with Gasteiger partial charge >= 0.3 is 5.97 Å². The lowest BCUT2D eigenvalue weighted by atomic mass is 10.2. The summed E-state index contributed by atoms with van der Waals surface area (Å²) in [4.78, 5) is 66.1. The molecule has 0 aromatic carbocycles. The van der Waals surface area contributed by atoms with E-state index in [0.717, 1.165) is 36.8 Å². The number of rotatable bonds is 7. The summed E-state index contributed by atoms with van der Waals surface area (Å²) in [5, 5.41) is 36.7. The van der Waals surface area contributed by atoms with Crippen LogP contribution in [0.3, 0.4) is 0 Å². The number of aromatic carboxylic acids is 1. The van der Waals surface area contributed by atoms with E-state index in [1.54, 1.807) is 25.5 Å². The Morgan fingerprint density at radius 2 is 1.09 bits per heavy atom. The van der Waals surface area contributed by atoms with Gasteiger partial charge in [-0.3, -0.25) is 49.8 Å². The summed E-state index contributed by atoms with van der Waals surface area (Å²) in [5.74, 6) is -1.80. The van der Waals surface area contributed by atoms with E-state index in [9.17, 15) is 34.6 Å². The molecule has 0 bridgehead atoms. The van der Waals surface area contributed by atoms with Crippen LogP contribution in [0, 0.1) is 20.2 Å². The molecule has 0 aliphatic carbocycles. The summed E-state index contributed by atoms with van der Waals surface area (Å²) in [6.45, 7) is 0.818. The average molecular weight is 638 g/mol. The second-order valence-corrected chi connectivity index (χ2v) is 8.51. The maximum absolute atomic E-state index is 11.0. The number of aromatic nitrogens is 4. The number of carboxylic acids is 1. The maximum atomic E-state index is 11.0. The molecule has 0 fully saturated rings. The van der Waals surface area contributed by atoms with E-state index in [1.165, 1.54) is 31.7 Å². The largest absolute Gasteiger partial charge is 0.478 e. The summed E-state index contributed by atoms with van der Waals surface area (Å²) in [6, 6.07) is 5.61. The molecule has 242 valence electrons. The number of amides is 2. The van der Waals surface area contributed by atoms with Gasteiger partial charge < -0.3 is 32.5 Å². The van der Waals surface area contributed by atoms with Crippen molar-refractivity contribution in [3.63, 3.8) is 0 Å². The number of carbonyl (C=O) groups is 3. The highest BCUT2D eigenvalue weighted by atomic mass is 16.6. The normalized spacial score (nSPS) is 9.37. The highest BCUT2D eigenvalue weighted by molar-refractivity contribution is 5.94. The van der Waals surface area contributed by atoms with Crippen molar-refractivity contribution in [3.8, 4) is 0 Å². The molecule has 0 aliphatic heterocycles. The van der Waals surface area contributed by atoms with Gasteiger partial charge in [-0.05, 0) is 24.7 Å². The molecule has 0 spiro atoms. The van der Waals surface area contributed by atoms with Crippen LogP contribution in [0.15, 0.2) is 73.8 Å². The number of nitrogens with zero attached hydrogens (tertiary/aromatic N) is 6. The molecule has 4 aromatic heterocycles. The van der Waals surface area contributed by atoms with Gasteiger partial charge in [0.15, 0.2) is 0 Å². The second kappa shape index (κ2) is 19.5. The molecule has 0 radical (unpaired) electrons.